The first-order valence-electron chi connectivity index (χ1n) is 8.87. The summed E-state index contributed by atoms with van der Waals surface area (Å²) >= 11 is 1.58. The highest BCUT2D eigenvalue weighted by Crippen LogP contribution is 2.23. The van der Waals surface area contributed by atoms with Crippen molar-refractivity contribution in [2.24, 2.45) is 0 Å². The maximum Gasteiger partial charge on any atom is 0.287 e. The number of thiazole rings is 1. The molecule has 1 saturated heterocycles. The minimum atomic E-state index is -0.202. The molecule has 1 aromatic carbocycles. The second kappa shape index (κ2) is 7.85. The Labute approximate surface area is 156 Å². The van der Waals surface area contributed by atoms with Crippen LogP contribution in [0.3, 0.4) is 0 Å². The van der Waals surface area contributed by atoms with Crippen LogP contribution in [0.15, 0.2) is 52.3 Å². The van der Waals surface area contributed by atoms with Gasteiger partial charge in [-0.2, -0.15) is 0 Å². The molecule has 3 heterocycles. The second-order valence-electron chi connectivity index (χ2n) is 6.44. The Hall–Kier alpha value is -2.44. The molecule has 0 bridgehead atoms. The van der Waals surface area contributed by atoms with Gasteiger partial charge in [0.25, 0.3) is 5.91 Å². The van der Waals surface area contributed by atoms with Gasteiger partial charge in [-0.05, 0) is 38.1 Å². The highest BCUT2D eigenvalue weighted by molar-refractivity contribution is 7.13. The van der Waals surface area contributed by atoms with Gasteiger partial charge in [-0.1, -0.05) is 30.3 Å². The number of aromatic nitrogens is 1. The fraction of sp³-hybridized carbons (Fsp3) is 0.300. The number of furan rings is 1. The summed E-state index contributed by atoms with van der Waals surface area (Å²) in [6, 6.07) is 13.7. The summed E-state index contributed by atoms with van der Waals surface area (Å²) in [5, 5.41) is 5.82. The molecule has 3 aromatic rings. The quantitative estimate of drug-likeness (QED) is 0.717. The van der Waals surface area contributed by atoms with E-state index >= 15 is 0 Å². The van der Waals surface area contributed by atoms with E-state index in [0.717, 1.165) is 41.7 Å². The molecule has 6 heteroatoms. The van der Waals surface area contributed by atoms with Crippen molar-refractivity contribution < 1.29 is 9.21 Å². The van der Waals surface area contributed by atoms with Gasteiger partial charge in [0.15, 0.2) is 5.76 Å². The number of nitrogens with one attached hydrogen (secondary N) is 1. The molecule has 0 spiro atoms. The fourth-order valence-electron chi connectivity index (χ4n) is 3.11. The topological polar surface area (TPSA) is 58.4 Å². The number of hydrogen-bond acceptors (Lipinski definition) is 5. The number of nitrogens with zero attached hydrogens (tertiary/aromatic N) is 2. The van der Waals surface area contributed by atoms with Crippen molar-refractivity contribution in [3.63, 3.8) is 0 Å². The summed E-state index contributed by atoms with van der Waals surface area (Å²) in [4.78, 5) is 19.2. The number of carbonyl (C=O) groups excluding carboxylic acids is 1. The number of likely N-dealkylation sites (tertiary alicyclic amines) is 1. The van der Waals surface area contributed by atoms with Gasteiger partial charge < -0.3 is 9.73 Å². The van der Waals surface area contributed by atoms with E-state index < -0.39 is 0 Å². The second-order valence-corrected chi connectivity index (χ2v) is 7.30. The maximum absolute atomic E-state index is 12.3. The first-order chi connectivity index (χ1) is 12.8. The molecule has 0 unspecified atom stereocenters. The van der Waals surface area contributed by atoms with Crippen molar-refractivity contribution in [2.75, 3.05) is 13.1 Å². The molecule has 0 aliphatic carbocycles. The van der Waals surface area contributed by atoms with E-state index in [1.54, 1.807) is 17.4 Å². The number of benzene rings is 1. The van der Waals surface area contributed by atoms with Crippen LogP contribution >= 0.6 is 11.3 Å². The van der Waals surface area contributed by atoms with Gasteiger partial charge in [-0.25, -0.2) is 4.98 Å². The fourth-order valence-corrected chi connectivity index (χ4v) is 3.93. The van der Waals surface area contributed by atoms with Gasteiger partial charge in [-0.3, -0.25) is 9.69 Å². The average molecular weight is 367 g/mol. The van der Waals surface area contributed by atoms with Crippen molar-refractivity contribution in [3.05, 3.63) is 65.1 Å². The Balaban J connectivity index is 1.32. The molecular weight excluding hydrogens is 346 g/mol. The third-order valence-corrected chi connectivity index (χ3v) is 5.41. The Bertz CT molecular complexity index is 866. The van der Waals surface area contributed by atoms with E-state index in [9.17, 15) is 4.79 Å². The van der Waals surface area contributed by atoms with Crippen LogP contribution in [-0.4, -0.2) is 28.9 Å². The summed E-state index contributed by atoms with van der Waals surface area (Å²) in [6.07, 6.45) is 2.49. The highest BCUT2D eigenvalue weighted by atomic mass is 32.1. The third-order valence-electron chi connectivity index (χ3n) is 4.47. The molecular formula is C20H21N3O2S. The molecule has 1 fully saturated rings. The minimum absolute atomic E-state index is 0.202. The molecule has 0 radical (unpaired) electrons. The SMILES string of the molecule is O=C(NCc1csc(-c2ccccc2)n1)c1ccc(CN2CCCC2)o1. The lowest BCUT2D eigenvalue weighted by Crippen LogP contribution is -2.22. The third kappa shape index (κ3) is 4.03. The van der Waals surface area contributed by atoms with Gasteiger partial charge in [-0.15, -0.1) is 11.3 Å². The van der Waals surface area contributed by atoms with Gasteiger partial charge in [0.2, 0.25) is 0 Å². The predicted octanol–water partition coefficient (Wildman–Crippen LogP) is 3.93. The van der Waals surface area contributed by atoms with Gasteiger partial charge in [0.05, 0.1) is 18.8 Å². The molecule has 134 valence electrons. The monoisotopic (exact) mass is 367 g/mol. The molecule has 5 nitrogen and oxygen atoms in total. The molecule has 1 aliphatic rings. The highest BCUT2D eigenvalue weighted by Gasteiger charge is 2.16. The average Bonchev–Trinajstić information content (AvgIpc) is 3.43. The molecule has 2 aromatic heterocycles. The van der Waals surface area contributed by atoms with Crippen LogP contribution < -0.4 is 5.32 Å². The van der Waals surface area contributed by atoms with Crippen LogP contribution in [0.4, 0.5) is 0 Å². The van der Waals surface area contributed by atoms with Gasteiger partial charge in [0.1, 0.15) is 10.8 Å². The zero-order chi connectivity index (χ0) is 17.8. The van der Waals surface area contributed by atoms with Crippen LogP contribution in [0.2, 0.25) is 0 Å². The number of rotatable bonds is 6. The molecule has 0 atom stereocenters. The lowest BCUT2D eigenvalue weighted by molar-refractivity contribution is 0.0919. The van der Waals surface area contributed by atoms with Crippen molar-refractivity contribution in [2.45, 2.75) is 25.9 Å². The molecule has 1 aliphatic heterocycles. The predicted molar refractivity (Wildman–Crippen MR) is 102 cm³/mol. The summed E-state index contributed by atoms with van der Waals surface area (Å²) in [5.74, 6) is 1.00. The largest absolute Gasteiger partial charge is 0.455 e. The van der Waals surface area contributed by atoms with Crippen LogP contribution in [-0.2, 0) is 13.1 Å². The molecule has 4 rings (SSSR count). The van der Waals surface area contributed by atoms with Crippen molar-refractivity contribution >= 4 is 17.2 Å². The standard InChI is InChI=1S/C20H21N3O2S/c24-19(18-9-8-17(25-18)13-23-10-4-5-11-23)21-12-16-14-26-20(22-16)15-6-2-1-3-7-15/h1-3,6-9,14H,4-5,10-13H2,(H,21,24). The zero-order valence-corrected chi connectivity index (χ0v) is 15.3. The van der Waals surface area contributed by atoms with E-state index in [0.29, 0.717) is 12.3 Å². The van der Waals surface area contributed by atoms with E-state index in [4.69, 9.17) is 4.42 Å². The van der Waals surface area contributed by atoms with Gasteiger partial charge >= 0.3 is 0 Å². The number of amides is 1. The van der Waals surface area contributed by atoms with E-state index in [1.165, 1.54) is 12.8 Å². The zero-order valence-electron chi connectivity index (χ0n) is 14.5. The van der Waals surface area contributed by atoms with Crippen molar-refractivity contribution in [1.82, 2.24) is 15.2 Å². The minimum Gasteiger partial charge on any atom is -0.455 e. The maximum atomic E-state index is 12.3. The molecule has 26 heavy (non-hydrogen) atoms. The Kier molecular flexibility index (Phi) is 5.13. The Morgan fingerprint density at radius 1 is 1.15 bits per heavy atom. The van der Waals surface area contributed by atoms with E-state index in [2.05, 4.69) is 15.2 Å². The van der Waals surface area contributed by atoms with E-state index in [1.807, 2.05) is 41.8 Å². The van der Waals surface area contributed by atoms with E-state index in [-0.39, 0.29) is 5.91 Å². The first-order valence-corrected chi connectivity index (χ1v) is 9.75. The number of hydrogen-bond donors (Lipinski definition) is 1. The summed E-state index contributed by atoms with van der Waals surface area (Å²) in [6.45, 7) is 3.38. The summed E-state index contributed by atoms with van der Waals surface area (Å²) in [7, 11) is 0. The molecule has 1 amide bonds. The lowest BCUT2D eigenvalue weighted by Gasteiger charge is -2.11. The van der Waals surface area contributed by atoms with Gasteiger partial charge in [0, 0.05) is 10.9 Å². The lowest BCUT2D eigenvalue weighted by atomic mass is 10.2. The Morgan fingerprint density at radius 2 is 1.96 bits per heavy atom. The normalized spacial score (nSPS) is 14.6. The number of carbonyl (C=O) groups is 1. The summed E-state index contributed by atoms with van der Waals surface area (Å²) < 4.78 is 5.70. The van der Waals surface area contributed by atoms with Crippen LogP contribution in [0.5, 0.6) is 0 Å². The first kappa shape index (κ1) is 17.0. The van der Waals surface area contributed by atoms with Crippen molar-refractivity contribution in [1.29, 1.82) is 0 Å². The smallest absolute Gasteiger partial charge is 0.287 e. The summed E-state index contributed by atoms with van der Waals surface area (Å²) in [5.41, 5.74) is 1.94. The van der Waals surface area contributed by atoms with Crippen LogP contribution in [0.1, 0.15) is 34.9 Å². The van der Waals surface area contributed by atoms with Crippen LogP contribution in [0.25, 0.3) is 10.6 Å². The Morgan fingerprint density at radius 3 is 2.77 bits per heavy atom. The van der Waals surface area contributed by atoms with Crippen LogP contribution in [0, 0.1) is 0 Å². The molecule has 1 N–H and O–H groups in total. The molecule has 0 saturated carbocycles. The van der Waals surface area contributed by atoms with Crippen molar-refractivity contribution in [3.8, 4) is 10.6 Å².